The minimum absolute atomic E-state index is 0.0981. The third-order valence-corrected chi connectivity index (χ3v) is 6.87. The van der Waals surface area contributed by atoms with E-state index in [1.54, 1.807) is 38.9 Å². The molecule has 1 aromatic carbocycles. The van der Waals surface area contributed by atoms with E-state index in [4.69, 9.17) is 4.74 Å². The van der Waals surface area contributed by atoms with Crippen LogP contribution in [0.4, 0.5) is 11.4 Å². The minimum atomic E-state index is -3.66. The number of nitrogens with zero attached hydrogens (tertiary/aromatic N) is 2. The lowest BCUT2D eigenvalue weighted by atomic mass is 10.2. The summed E-state index contributed by atoms with van der Waals surface area (Å²) in [6.07, 6.45) is 0.788. The highest BCUT2D eigenvalue weighted by atomic mass is 32.2. The summed E-state index contributed by atoms with van der Waals surface area (Å²) in [6, 6.07) is 4.60. The van der Waals surface area contributed by atoms with Crippen LogP contribution < -0.4 is 10.2 Å². The maximum atomic E-state index is 12.8. The van der Waals surface area contributed by atoms with E-state index < -0.39 is 22.5 Å². The lowest BCUT2D eigenvalue weighted by Crippen LogP contribution is -2.31. The molecule has 9 heteroatoms. The molecule has 0 aromatic heterocycles. The van der Waals surface area contributed by atoms with Gasteiger partial charge < -0.3 is 15.0 Å². The van der Waals surface area contributed by atoms with Gasteiger partial charge in [-0.15, -0.1) is 0 Å². The zero-order valence-corrected chi connectivity index (χ0v) is 17.9. The first-order chi connectivity index (χ1) is 13.1. The molecule has 1 aliphatic carbocycles. The van der Waals surface area contributed by atoms with Gasteiger partial charge in [0.15, 0.2) is 6.61 Å². The van der Waals surface area contributed by atoms with Crippen molar-refractivity contribution >= 4 is 33.3 Å². The number of rotatable bonds is 9. The zero-order chi connectivity index (χ0) is 21.1. The molecular weight excluding hydrogens is 382 g/mol. The largest absolute Gasteiger partial charge is 0.455 e. The van der Waals surface area contributed by atoms with Crippen LogP contribution in [0.15, 0.2) is 23.1 Å². The van der Waals surface area contributed by atoms with Crippen molar-refractivity contribution in [3.05, 3.63) is 18.2 Å². The molecule has 0 unspecified atom stereocenters. The lowest BCUT2D eigenvalue weighted by molar-refractivity contribution is -0.148. The number of hydrogen-bond donors (Lipinski definition) is 1. The van der Waals surface area contributed by atoms with Crippen LogP contribution in [-0.4, -0.2) is 58.4 Å². The van der Waals surface area contributed by atoms with Crippen molar-refractivity contribution in [2.24, 2.45) is 11.8 Å². The molecule has 1 amide bonds. The molecule has 28 heavy (non-hydrogen) atoms. The number of amides is 1. The number of esters is 1. The maximum Gasteiger partial charge on any atom is 0.309 e. The average Bonchev–Trinajstić information content (AvgIpc) is 3.37. The Morgan fingerprint density at radius 2 is 1.82 bits per heavy atom. The quantitative estimate of drug-likeness (QED) is 0.624. The van der Waals surface area contributed by atoms with Gasteiger partial charge in [-0.05, 0) is 30.5 Å². The van der Waals surface area contributed by atoms with E-state index in [9.17, 15) is 18.0 Å². The first-order valence-corrected chi connectivity index (χ1v) is 10.8. The van der Waals surface area contributed by atoms with E-state index in [1.165, 1.54) is 16.4 Å². The van der Waals surface area contributed by atoms with Gasteiger partial charge in [0.25, 0.3) is 5.91 Å². The fourth-order valence-electron chi connectivity index (χ4n) is 2.96. The molecule has 0 bridgehead atoms. The third kappa shape index (κ3) is 5.02. The highest BCUT2D eigenvalue weighted by molar-refractivity contribution is 7.89. The van der Waals surface area contributed by atoms with Crippen molar-refractivity contribution < 1.29 is 22.7 Å². The summed E-state index contributed by atoms with van der Waals surface area (Å²) in [6.45, 7) is 5.80. The highest BCUT2D eigenvalue weighted by Crippen LogP contribution is 2.38. The summed E-state index contributed by atoms with van der Waals surface area (Å²) in [5.41, 5.74) is 0.994. The Labute approximate surface area is 166 Å². The van der Waals surface area contributed by atoms with Crippen LogP contribution in [0, 0.1) is 11.8 Å². The molecule has 1 aromatic rings. The van der Waals surface area contributed by atoms with Crippen molar-refractivity contribution in [1.29, 1.82) is 0 Å². The van der Waals surface area contributed by atoms with Crippen molar-refractivity contribution in [3.8, 4) is 0 Å². The molecule has 156 valence electrons. The molecular formula is C19H29N3O5S. The van der Waals surface area contributed by atoms with Crippen LogP contribution in [0.1, 0.15) is 27.2 Å². The molecule has 0 aliphatic heterocycles. The summed E-state index contributed by atoms with van der Waals surface area (Å²) < 4.78 is 31.9. The van der Waals surface area contributed by atoms with Gasteiger partial charge in [-0.1, -0.05) is 20.8 Å². The van der Waals surface area contributed by atoms with Crippen LogP contribution in [0.5, 0.6) is 0 Å². The molecule has 0 radical (unpaired) electrons. The predicted octanol–water partition coefficient (Wildman–Crippen LogP) is 1.92. The van der Waals surface area contributed by atoms with E-state index in [1.807, 2.05) is 6.92 Å². The second-order valence-corrected chi connectivity index (χ2v) is 9.08. The Hall–Kier alpha value is -2.13. The van der Waals surface area contributed by atoms with E-state index in [2.05, 4.69) is 5.32 Å². The smallest absolute Gasteiger partial charge is 0.309 e. The van der Waals surface area contributed by atoms with Gasteiger partial charge in [0.1, 0.15) is 0 Å². The predicted molar refractivity (Wildman–Crippen MR) is 108 cm³/mol. The Morgan fingerprint density at radius 1 is 1.21 bits per heavy atom. The van der Waals surface area contributed by atoms with Gasteiger partial charge in [-0.3, -0.25) is 9.59 Å². The molecule has 1 saturated carbocycles. The van der Waals surface area contributed by atoms with E-state index in [0.29, 0.717) is 30.4 Å². The van der Waals surface area contributed by atoms with Crippen LogP contribution in [0.25, 0.3) is 0 Å². The standard InChI is InChI=1S/C19H29N3O5S/c1-6-22(7-2)28(25,26)14-8-9-17(21(4)5)16(11-14)20-18(23)12-27-19(24)15-10-13(15)3/h8-9,11,13,15H,6-7,10,12H2,1-5H3,(H,20,23)/t13-,15+/m0/s1. The Bertz CT molecular complexity index is 834. The summed E-state index contributed by atoms with van der Waals surface area (Å²) in [5.74, 6) is -0.693. The summed E-state index contributed by atoms with van der Waals surface area (Å²) in [4.78, 5) is 25.9. The number of ether oxygens (including phenoxy) is 1. The number of anilines is 2. The molecule has 1 N–H and O–H groups in total. The van der Waals surface area contributed by atoms with E-state index >= 15 is 0 Å². The highest BCUT2D eigenvalue weighted by Gasteiger charge is 2.40. The molecule has 1 aliphatic rings. The fraction of sp³-hybridized carbons (Fsp3) is 0.579. The Morgan fingerprint density at radius 3 is 2.32 bits per heavy atom. The van der Waals surface area contributed by atoms with Crippen molar-refractivity contribution in [2.45, 2.75) is 32.1 Å². The van der Waals surface area contributed by atoms with Gasteiger partial charge >= 0.3 is 5.97 Å². The average molecular weight is 412 g/mol. The SMILES string of the molecule is CCN(CC)S(=O)(=O)c1ccc(N(C)C)c(NC(=O)COC(=O)[C@@H]2C[C@@H]2C)c1. The summed E-state index contributed by atoms with van der Waals surface area (Å²) >= 11 is 0. The Balaban J connectivity index is 2.19. The number of carbonyl (C=O) groups is 2. The van der Waals surface area contributed by atoms with Crippen molar-refractivity contribution in [3.63, 3.8) is 0 Å². The first kappa shape index (κ1) is 22.2. The molecule has 0 spiro atoms. The van der Waals surface area contributed by atoms with Crippen molar-refractivity contribution in [1.82, 2.24) is 4.31 Å². The molecule has 2 rings (SSSR count). The molecule has 1 fully saturated rings. The van der Waals surface area contributed by atoms with Gasteiger partial charge in [0, 0.05) is 27.2 Å². The second kappa shape index (κ2) is 8.91. The van der Waals surface area contributed by atoms with Crippen LogP contribution in [0.3, 0.4) is 0 Å². The third-order valence-electron chi connectivity index (χ3n) is 4.82. The molecule has 0 saturated heterocycles. The molecule has 2 atom stereocenters. The number of sulfonamides is 1. The van der Waals surface area contributed by atoms with E-state index in [-0.39, 0.29) is 16.8 Å². The van der Waals surface area contributed by atoms with Crippen LogP contribution >= 0.6 is 0 Å². The fourth-order valence-corrected chi connectivity index (χ4v) is 4.44. The normalized spacial score (nSPS) is 18.6. The van der Waals surface area contributed by atoms with Gasteiger partial charge in [0.05, 0.1) is 22.2 Å². The summed E-state index contributed by atoms with van der Waals surface area (Å²) in [5, 5.41) is 2.66. The molecule has 0 heterocycles. The number of carbonyl (C=O) groups excluding carboxylic acids is 2. The Kier molecular flexibility index (Phi) is 7.06. The number of hydrogen-bond acceptors (Lipinski definition) is 6. The molecule has 8 nitrogen and oxygen atoms in total. The topological polar surface area (TPSA) is 96.0 Å². The number of benzene rings is 1. The maximum absolute atomic E-state index is 12.8. The lowest BCUT2D eigenvalue weighted by Gasteiger charge is -2.22. The van der Waals surface area contributed by atoms with Gasteiger partial charge in [0.2, 0.25) is 10.0 Å². The second-order valence-electron chi connectivity index (χ2n) is 7.14. The van der Waals surface area contributed by atoms with Crippen molar-refractivity contribution in [2.75, 3.05) is 44.0 Å². The minimum Gasteiger partial charge on any atom is -0.455 e. The monoisotopic (exact) mass is 411 g/mol. The summed E-state index contributed by atoms with van der Waals surface area (Å²) in [7, 11) is -0.0792. The zero-order valence-electron chi connectivity index (χ0n) is 17.1. The number of nitrogens with one attached hydrogen (secondary N) is 1. The van der Waals surface area contributed by atoms with Gasteiger partial charge in [-0.25, -0.2) is 8.42 Å². The first-order valence-electron chi connectivity index (χ1n) is 9.39. The van der Waals surface area contributed by atoms with Crippen LogP contribution in [0.2, 0.25) is 0 Å². The van der Waals surface area contributed by atoms with E-state index in [0.717, 1.165) is 6.42 Å². The van der Waals surface area contributed by atoms with Crippen LogP contribution in [-0.2, 0) is 24.3 Å². The van der Waals surface area contributed by atoms with Gasteiger partial charge in [-0.2, -0.15) is 4.31 Å².